The number of nitro benzene ring substituents is 1. The van der Waals surface area contributed by atoms with Gasteiger partial charge in [0.05, 0.1) is 10.5 Å². The maximum absolute atomic E-state index is 14.7. The monoisotopic (exact) mass is 670 g/mol. The number of carbonyl (C=O) groups is 3. The van der Waals surface area contributed by atoms with Crippen LogP contribution in [0.3, 0.4) is 0 Å². The lowest BCUT2D eigenvalue weighted by Gasteiger charge is -2.29. The van der Waals surface area contributed by atoms with Crippen LogP contribution in [0.4, 0.5) is 17.3 Å². The van der Waals surface area contributed by atoms with Crippen LogP contribution >= 0.6 is 0 Å². The summed E-state index contributed by atoms with van der Waals surface area (Å²) in [6, 6.07) is 21.0. The van der Waals surface area contributed by atoms with Gasteiger partial charge < -0.3 is 24.1 Å². The summed E-state index contributed by atoms with van der Waals surface area (Å²) in [6.45, 7) is 3.05. The van der Waals surface area contributed by atoms with E-state index in [0.717, 1.165) is 13.8 Å². The number of non-ortho nitro benzene ring substituents is 1. The van der Waals surface area contributed by atoms with Crippen LogP contribution < -0.4 is 20.1 Å². The second kappa shape index (κ2) is 13.2. The Hall–Kier alpha value is -6.09. The first-order chi connectivity index (χ1) is 23.5. The molecule has 0 aliphatic carbocycles. The number of hydrogen-bond acceptors (Lipinski definition) is 12. The third-order valence-corrected chi connectivity index (χ3v) is 8.13. The molecule has 5 atom stereocenters. The summed E-state index contributed by atoms with van der Waals surface area (Å²) in [5.74, 6) is -2.85. The maximum atomic E-state index is 14.7. The van der Waals surface area contributed by atoms with Gasteiger partial charge in [-0.1, -0.05) is 48.5 Å². The van der Waals surface area contributed by atoms with Gasteiger partial charge in [-0.05, 0) is 29.8 Å². The Balaban J connectivity index is 1.66. The number of esters is 3. The minimum atomic E-state index is -1.31. The largest absolute Gasteiger partial charge is 0.848 e. The van der Waals surface area contributed by atoms with Crippen molar-refractivity contribution >= 4 is 35.2 Å². The minimum Gasteiger partial charge on any atom is -0.848 e. The first-order valence-corrected chi connectivity index (χ1v) is 15.2. The van der Waals surface area contributed by atoms with Crippen molar-refractivity contribution in [2.24, 2.45) is 0 Å². The highest BCUT2D eigenvalue weighted by Gasteiger charge is 2.64. The van der Waals surface area contributed by atoms with Gasteiger partial charge in [0.1, 0.15) is 24.1 Å². The molecule has 4 aromatic rings. The second-order valence-electron chi connectivity index (χ2n) is 11.3. The van der Waals surface area contributed by atoms with Crippen LogP contribution in [0.15, 0.2) is 89.7 Å². The van der Waals surface area contributed by atoms with Crippen LogP contribution in [-0.2, 0) is 33.3 Å². The molecule has 0 unspecified atom stereocenters. The summed E-state index contributed by atoms with van der Waals surface area (Å²) in [5, 5.41) is 26.2. The van der Waals surface area contributed by atoms with Gasteiger partial charge in [-0.15, -0.1) is 0 Å². The Morgan fingerprint density at radius 3 is 2.10 bits per heavy atom. The third-order valence-electron chi connectivity index (χ3n) is 8.13. The number of hydrogen-bond donors (Lipinski definition) is 0. The Labute approximate surface area is 278 Å². The highest BCUT2D eigenvalue weighted by atomic mass is 16.6. The maximum Gasteiger partial charge on any atom is 0.375 e. The molecule has 1 saturated heterocycles. The number of aromatic nitrogens is 2. The lowest BCUT2D eigenvalue weighted by Crippen LogP contribution is -2.53. The predicted octanol–water partition coefficient (Wildman–Crippen LogP) is 2.62. The zero-order chi connectivity index (χ0) is 35.0. The third kappa shape index (κ3) is 6.07. The average Bonchev–Trinajstić information content (AvgIpc) is 3.58. The molecule has 1 fully saturated rings. The predicted molar refractivity (Wildman–Crippen MR) is 168 cm³/mol. The standard InChI is InChI=1S/C34H30N4O11/c1-19(39)46-18-26(47-20(2)40)29-30(48-21(3)41)28-33(49-29)36(23-12-8-5-9-13-23)34-35(24-14-16-25(17-15-24)38(44)45)31(42)27(32(43)37(28)34)22-10-6-4-7-11-22/h4-17,26,28-30,33H,18H2,1-3H3/t26-,28-,29-,30-,33+/m1/s1. The van der Waals surface area contributed by atoms with Gasteiger partial charge in [-0.25, -0.2) is 14.3 Å². The van der Waals surface area contributed by atoms with Gasteiger partial charge in [-0.2, -0.15) is 4.57 Å². The fourth-order valence-electron chi connectivity index (χ4n) is 6.28. The quantitative estimate of drug-likeness (QED) is 0.0835. The van der Waals surface area contributed by atoms with Crippen molar-refractivity contribution in [3.63, 3.8) is 0 Å². The molecule has 0 amide bonds. The van der Waals surface area contributed by atoms with Crippen molar-refractivity contribution in [2.75, 3.05) is 11.5 Å². The first kappa shape index (κ1) is 32.8. The molecule has 2 aliphatic heterocycles. The van der Waals surface area contributed by atoms with Gasteiger partial charge >= 0.3 is 29.4 Å². The Morgan fingerprint density at radius 1 is 0.898 bits per heavy atom. The average molecular weight is 671 g/mol. The molecule has 15 heteroatoms. The molecule has 2 aliphatic rings. The topological polar surface area (TPSA) is 183 Å². The number of carbonyl (C=O) groups excluding carboxylic acids is 3. The first-order valence-electron chi connectivity index (χ1n) is 15.2. The van der Waals surface area contributed by atoms with E-state index in [1.54, 1.807) is 65.6 Å². The van der Waals surface area contributed by atoms with E-state index in [-0.39, 0.29) is 22.9 Å². The second-order valence-corrected chi connectivity index (χ2v) is 11.3. The van der Waals surface area contributed by atoms with Crippen LogP contribution in [0, 0.1) is 10.1 Å². The van der Waals surface area contributed by atoms with Crippen molar-refractivity contribution in [1.29, 1.82) is 0 Å². The van der Waals surface area contributed by atoms with Crippen LogP contribution in [0.2, 0.25) is 0 Å². The molecule has 0 saturated carbocycles. The molecule has 49 heavy (non-hydrogen) atoms. The molecule has 1 aromatic heterocycles. The molecular weight excluding hydrogens is 640 g/mol. The Bertz CT molecular complexity index is 1980. The number of para-hydroxylation sites is 1. The van der Waals surface area contributed by atoms with E-state index in [1.807, 2.05) is 0 Å². The molecule has 0 radical (unpaired) electrons. The fourth-order valence-corrected chi connectivity index (χ4v) is 6.28. The molecule has 15 nitrogen and oxygen atoms in total. The van der Waals surface area contributed by atoms with Crippen LogP contribution in [0.1, 0.15) is 26.8 Å². The molecule has 6 rings (SSSR count). The zero-order valence-electron chi connectivity index (χ0n) is 26.5. The van der Waals surface area contributed by atoms with E-state index in [0.29, 0.717) is 11.3 Å². The number of nitrogens with zero attached hydrogens (tertiary/aromatic N) is 4. The van der Waals surface area contributed by atoms with Crippen LogP contribution in [0.5, 0.6) is 5.88 Å². The van der Waals surface area contributed by atoms with Gasteiger partial charge in [0.25, 0.3) is 5.69 Å². The summed E-state index contributed by atoms with van der Waals surface area (Å²) in [6.07, 6.45) is -4.95. The molecule has 3 aromatic carbocycles. The summed E-state index contributed by atoms with van der Waals surface area (Å²) in [4.78, 5) is 63.6. The van der Waals surface area contributed by atoms with Crippen LogP contribution in [-0.4, -0.2) is 58.5 Å². The van der Waals surface area contributed by atoms with Crippen molar-refractivity contribution in [2.45, 2.75) is 51.4 Å². The normalized spacial score (nSPS) is 19.8. The molecule has 0 spiro atoms. The van der Waals surface area contributed by atoms with Crippen molar-refractivity contribution in [1.82, 2.24) is 4.57 Å². The van der Waals surface area contributed by atoms with Gasteiger partial charge in [0.2, 0.25) is 6.23 Å². The van der Waals surface area contributed by atoms with Gasteiger partial charge in [0.15, 0.2) is 18.2 Å². The number of ether oxygens (including phenoxy) is 4. The van der Waals surface area contributed by atoms with E-state index in [9.17, 15) is 34.4 Å². The Kier molecular flexibility index (Phi) is 8.84. The molecular formula is C34H30N4O11. The number of anilines is 2. The summed E-state index contributed by atoms with van der Waals surface area (Å²) < 4.78 is 25.6. The molecule has 252 valence electrons. The van der Waals surface area contributed by atoms with Crippen molar-refractivity contribution in [3.05, 3.63) is 105 Å². The van der Waals surface area contributed by atoms with Gasteiger partial charge in [0, 0.05) is 38.8 Å². The summed E-state index contributed by atoms with van der Waals surface area (Å²) in [5.41, 5.74) is -0.191. The Morgan fingerprint density at radius 2 is 1.53 bits per heavy atom. The van der Waals surface area contributed by atoms with E-state index in [4.69, 9.17) is 18.9 Å². The van der Waals surface area contributed by atoms with E-state index in [2.05, 4.69) is 0 Å². The van der Waals surface area contributed by atoms with Crippen molar-refractivity contribution < 1.29 is 47.9 Å². The number of rotatable bonds is 9. The lowest BCUT2D eigenvalue weighted by atomic mass is 10.0. The van der Waals surface area contributed by atoms with E-state index in [1.165, 1.54) is 40.3 Å². The molecule has 0 bridgehead atoms. The lowest BCUT2D eigenvalue weighted by molar-refractivity contribution is -0.744. The zero-order valence-corrected chi connectivity index (χ0v) is 26.5. The smallest absolute Gasteiger partial charge is 0.375 e. The van der Waals surface area contributed by atoms with Crippen LogP contribution in [0.25, 0.3) is 16.8 Å². The number of nitro groups is 1. The van der Waals surface area contributed by atoms with E-state index >= 15 is 0 Å². The highest BCUT2D eigenvalue weighted by molar-refractivity contribution is 5.70. The minimum absolute atomic E-state index is 0.0179. The fraction of sp³-hybridized carbons (Fsp3) is 0.265. The summed E-state index contributed by atoms with van der Waals surface area (Å²) >= 11 is 0. The van der Waals surface area contributed by atoms with Gasteiger partial charge in [-0.3, -0.25) is 24.5 Å². The molecule has 3 heterocycles. The number of fused-ring (bicyclic) bond motifs is 3. The summed E-state index contributed by atoms with van der Waals surface area (Å²) in [7, 11) is 0. The molecule has 0 N–H and O–H groups in total. The SMILES string of the molecule is CC(=O)OC[C@@H](OC(C)=O)[C@H]1O[C@H]2[C@@H]([C@H]1OC(C)=O)[n+]1c([O-])c(-c3ccccc3)c(=O)n(-c3ccc([N+](=O)[O-])cc3)c1N2c1ccccc1. The van der Waals surface area contributed by atoms with E-state index < -0.39 is 71.5 Å². The van der Waals surface area contributed by atoms with Crippen molar-refractivity contribution in [3.8, 4) is 22.7 Å². The number of benzene rings is 3. The highest BCUT2D eigenvalue weighted by Crippen LogP contribution is 2.46.